The minimum atomic E-state index is -0.130. The molecule has 0 amide bonds. The van der Waals surface area contributed by atoms with Gasteiger partial charge in [-0.05, 0) is 111 Å². The summed E-state index contributed by atoms with van der Waals surface area (Å²) in [5.74, 6) is 0. The molecule has 12 rings (SSSR count). The number of para-hydroxylation sites is 2. The molecule has 0 atom stereocenters. The highest BCUT2D eigenvalue weighted by molar-refractivity contribution is 6.23. The van der Waals surface area contributed by atoms with Crippen molar-refractivity contribution in [1.82, 2.24) is 0 Å². The van der Waals surface area contributed by atoms with Crippen molar-refractivity contribution in [3.05, 3.63) is 199 Å². The van der Waals surface area contributed by atoms with E-state index in [9.17, 15) is 0 Å². The van der Waals surface area contributed by atoms with Crippen LogP contribution >= 0.6 is 0 Å². The van der Waals surface area contributed by atoms with E-state index in [0.717, 1.165) is 94.0 Å². The van der Waals surface area contributed by atoms with Crippen LogP contribution < -0.4 is 4.90 Å². The molecule has 0 unspecified atom stereocenters. The fourth-order valence-corrected chi connectivity index (χ4v) is 9.74. The SMILES string of the molecule is CC1(C)c2ccccc2-c2ccc(N(c3ccccc3)c3cccc4oc5c6ccccc6c(-c6ccccc6-c6ccc7c(c6)oc6ccccc67)cc5c34)cc21. The smallest absolute Gasteiger partial charge is 0.143 e. The van der Waals surface area contributed by atoms with Crippen molar-refractivity contribution >= 4 is 71.7 Å². The normalized spacial score (nSPS) is 13.1. The first-order valence-corrected chi connectivity index (χ1v) is 20.0. The average molecular weight is 744 g/mol. The second kappa shape index (κ2) is 12.3. The van der Waals surface area contributed by atoms with E-state index < -0.39 is 0 Å². The summed E-state index contributed by atoms with van der Waals surface area (Å²) in [6, 6.07) is 67.6. The number of nitrogens with zero attached hydrogens (tertiary/aromatic N) is 1. The van der Waals surface area contributed by atoms with Gasteiger partial charge in [-0.25, -0.2) is 0 Å². The van der Waals surface area contributed by atoms with Crippen LogP contribution in [0.3, 0.4) is 0 Å². The van der Waals surface area contributed by atoms with Crippen LogP contribution in [0.25, 0.3) is 88.0 Å². The second-order valence-corrected chi connectivity index (χ2v) is 16.0. The first kappa shape index (κ1) is 32.8. The van der Waals surface area contributed by atoms with Gasteiger partial charge >= 0.3 is 0 Å². The number of furan rings is 2. The summed E-state index contributed by atoms with van der Waals surface area (Å²) < 4.78 is 13.3. The number of hydrogen-bond donors (Lipinski definition) is 0. The zero-order valence-electron chi connectivity index (χ0n) is 32.2. The molecular weight excluding hydrogens is 707 g/mol. The largest absolute Gasteiger partial charge is 0.456 e. The Morgan fingerprint density at radius 2 is 1.05 bits per heavy atom. The number of fused-ring (bicyclic) bond motifs is 11. The topological polar surface area (TPSA) is 29.5 Å². The Balaban J connectivity index is 1.10. The van der Waals surface area contributed by atoms with Crippen molar-refractivity contribution in [3.8, 4) is 33.4 Å². The highest BCUT2D eigenvalue weighted by Crippen LogP contribution is 2.52. The lowest BCUT2D eigenvalue weighted by Gasteiger charge is -2.28. The molecule has 2 heterocycles. The van der Waals surface area contributed by atoms with Gasteiger partial charge in [0.15, 0.2) is 0 Å². The van der Waals surface area contributed by atoms with Gasteiger partial charge in [0, 0.05) is 38.3 Å². The Bertz CT molecular complexity index is 3440. The van der Waals surface area contributed by atoms with Crippen molar-refractivity contribution in [3.63, 3.8) is 0 Å². The summed E-state index contributed by atoms with van der Waals surface area (Å²) in [5.41, 5.74) is 16.6. The van der Waals surface area contributed by atoms with E-state index in [1.165, 1.54) is 22.3 Å². The van der Waals surface area contributed by atoms with Gasteiger partial charge in [-0.15, -0.1) is 0 Å². The van der Waals surface area contributed by atoms with Crippen molar-refractivity contribution in [2.24, 2.45) is 0 Å². The van der Waals surface area contributed by atoms with E-state index in [2.05, 4.69) is 195 Å². The fraction of sp³-hybridized carbons (Fsp3) is 0.0545. The molecule has 0 radical (unpaired) electrons. The minimum Gasteiger partial charge on any atom is -0.456 e. The summed E-state index contributed by atoms with van der Waals surface area (Å²) in [6.45, 7) is 4.69. The van der Waals surface area contributed by atoms with Crippen molar-refractivity contribution in [1.29, 1.82) is 0 Å². The Hall–Kier alpha value is -7.36. The molecule has 0 saturated heterocycles. The van der Waals surface area contributed by atoms with E-state index in [1.54, 1.807) is 0 Å². The molecule has 0 aliphatic heterocycles. The zero-order valence-corrected chi connectivity index (χ0v) is 32.2. The molecule has 1 aliphatic rings. The van der Waals surface area contributed by atoms with Crippen LogP contribution in [0.4, 0.5) is 17.1 Å². The first-order chi connectivity index (χ1) is 28.5. The Morgan fingerprint density at radius 3 is 1.91 bits per heavy atom. The monoisotopic (exact) mass is 743 g/mol. The van der Waals surface area contributed by atoms with Gasteiger partial charge in [-0.2, -0.15) is 0 Å². The molecule has 0 spiro atoms. The molecule has 3 heteroatoms. The maximum Gasteiger partial charge on any atom is 0.143 e. The molecule has 0 N–H and O–H groups in total. The maximum absolute atomic E-state index is 6.92. The van der Waals surface area contributed by atoms with Gasteiger partial charge in [0.2, 0.25) is 0 Å². The standard InChI is InChI=1S/C55H37NO2/c1-55(2)47-23-12-10-20-40(47)41-30-28-36(32-48(41)55)56(35-15-4-3-5-16-35)49-24-14-26-51-53(49)46-33-45(39-19-8-9-22-44(39)54(46)58-51)38-18-7-6-17-37(38)34-27-29-43-42-21-11-13-25-50(42)57-52(43)31-34/h3-33H,1-2H3. The van der Waals surface area contributed by atoms with Crippen LogP contribution in [-0.4, -0.2) is 0 Å². The third kappa shape index (κ3) is 4.74. The summed E-state index contributed by atoms with van der Waals surface area (Å²) in [5, 5.41) is 6.65. The molecule has 0 saturated carbocycles. The Labute approximate surface area is 336 Å². The van der Waals surface area contributed by atoms with Crippen molar-refractivity contribution in [2.45, 2.75) is 19.3 Å². The average Bonchev–Trinajstić information content (AvgIpc) is 3.92. The summed E-state index contributed by atoms with van der Waals surface area (Å²) in [7, 11) is 0. The Morgan fingerprint density at radius 1 is 0.379 bits per heavy atom. The minimum absolute atomic E-state index is 0.130. The van der Waals surface area contributed by atoms with Crippen LogP contribution in [0.2, 0.25) is 0 Å². The third-order valence-corrected chi connectivity index (χ3v) is 12.5. The van der Waals surface area contributed by atoms with Gasteiger partial charge in [0.25, 0.3) is 0 Å². The van der Waals surface area contributed by atoms with Gasteiger partial charge in [0.05, 0.1) is 11.1 Å². The predicted octanol–water partition coefficient (Wildman–Crippen LogP) is 15.7. The zero-order chi connectivity index (χ0) is 38.5. The Kier molecular flexibility index (Phi) is 6.98. The van der Waals surface area contributed by atoms with Gasteiger partial charge in [-0.1, -0.05) is 141 Å². The number of rotatable bonds is 5. The van der Waals surface area contributed by atoms with Crippen molar-refractivity contribution < 1.29 is 8.83 Å². The van der Waals surface area contributed by atoms with Crippen LogP contribution in [0.1, 0.15) is 25.0 Å². The number of anilines is 3. The second-order valence-electron chi connectivity index (χ2n) is 16.0. The predicted molar refractivity (Wildman–Crippen MR) is 242 cm³/mol. The van der Waals surface area contributed by atoms with Gasteiger partial charge in [0.1, 0.15) is 22.3 Å². The fourth-order valence-electron chi connectivity index (χ4n) is 9.74. The summed E-state index contributed by atoms with van der Waals surface area (Å²) >= 11 is 0. The molecule has 274 valence electrons. The lowest BCUT2D eigenvalue weighted by atomic mass is 9.82. The highest BCUT2D eigenvalue weighted by Gasteiger charge is 2.36. The van der Waals surface area contributed by atoms with Crippen LogP contribution in [-0.2, 0) is 5.41 Å². The molecule has 9 aromatic carbocycles. The summed E-state index contributed by atoms with van der Waals surface area (Å²) in [6.07, 6.45) is 0. The molecule has 0 bridgehead atoms. The highest BCUT2D eigenvalue weighted by atomic mass is 16.3. The lowest BCUT2D eigenvalue weighted by Crippen LogP contribution is -2.16. The molecule has 2 aromatic heterocycles. The molecule has 58 heavy (non-hydrogen) atoms. The first-order valence-electron chi connectivity index (χ1n) is 20.0. The number of benzene rings is 9. The molecular formula is C55H37NO2. The van der Waals surface area contributed by atoms with E-state index in [-0.39, 0.29) is 5.41 Å². The van der Waals surface area contributed by atoms with E-state index in [0.29, 0.717) is 0 Å². The maximum atomic E-state index is 6.92. The van der Waals surface area contributed by atoms with Crippen LogP contribution in [0, 0.1) is 0 Å². The molecule has 11 aromatic rings. The summed E-state index contributed by atoms with van der Waals surface area (Å²) in [4.78, 5) is 2.40. The van der Waals surface area contributed by atoms with Gasteiger partial charge in [-0.3, -0.25) is 0 Å². The molecule has 0 fully saturated rings. The van der Waals surface area contributed by atoms with Crippen LogP contribution in [0.15, 0.2) is 197 Å². The van der Waals surface area contributed by atoms with Gasteiger partial charge < -0.3 is 13.7 Å². The van der Waals surface area contributed by atoms with Crippen LogP contribution in [0.5, 0.6) is 0 Å². The molecule has 3 nitrogen and oxygen atoms in total. The number of hydrogen-bond acceptors (Lipinski definition) is 3. The quantitative estimate of drug-likeness (QED) is 0.176. The van der Waals surface area contributed by atoms with E-state index >= 15 is 0 Å². The lowest BCUT2D eigenvalue weighted by molar-refractivity contribution is 0.660. The van der Waals surface area contributed by atoms with E-state index in [4.69, 9.17) is 8.83 Å². The van der Waals surface area contributed by atoms with E-state index in [1.807, 2.05) is 12.1 Å². The third-order valence-electron chi connectivity index (χ3n) is 12.5. The molecule has 1 aliphatic carbocycles. The van der Waals surface area contributed by atoms with Crippen molar-refractivity contribution in [2.75, 3.05) is 4.90 Å².